The Kier molecular flexibility index (Phi) is 6.23. The number of aromatic nitrogens is 2. The second-order valence-corrected chi connectivity index (χ2v) is 8.79. The molecular formula is C32H21FN2O4. The average Bonchev–Trinajstić information content (AvgIpc) is 2.96. The van der Waals surface area contributed by atoms with Gasteiger partial charge in [0.05, 0.1) is 22.4 Å². The van der Waals surface area contributed by atoms with E-state index in [0.717, 1.165) is 11.1 Å². The predicted molar refractivity (Wildman–Crippen MR) is 147 cm³/mol. The summed E-state index contributed by atoms with van der Waals surface area (Å²) >= 11 is 0. The van der Waals surface area contributed by atoms with E-state index in [1.165, 1.54) is 12.1 Å². The minimum absolute atomic E-state index is 0.163. The summed E-state index contributed by atoms with van der Waals surface area (Å²) in [5.74, 6) is 2.37. The number of nitrogens with zero attached hydrogens (tertiary/aromatic N) is 2. The lowest BCUT2D eigenvalue weighted by atomic mass is 10.0. The van der Waals surface area contributed by atoms with E-state index in [1.54, 1.807) is 54.6 Å². The first-order chi connectivity index (χ1) is 19.0. The summed E-state index contributed by atoms with van der Waals surface area (Å²) in [6, 6.07) is 32.1. The van der Waals surface area contributed by atoms with Crippen molar-refractivity contribution in [3.8, 4) is 57.0 Å². The van der Waals surface area contributed by atoms with Gasteiger partial charge in [0.15, 0.2) is 0 Å². The number of hydrogen-bond donors (Lipinski definition) is 2. The first-order valence-electron chi connectivity index (χ1n) is 12.1. The van der Waals surface area contributed by atoms with Crippen LogP contribution in [0.15, 0.2) is 115 Å². The number of hydrogen-bond acceptors (Lipinski definition) is 6. The van der Waals surface area contributed by atoms with Crippen molar-refractivity contribution in [2.75, 3.05) is 0 Å². The fourth-order valence-corrected chi connectivity index (χ4v) is 4.09. The van der Waals surface area contributed by atoms with Crippen LogP contribution in [-0.4, -0.2) is 20.2 Å². The highest BCUT2D eigenvalue weighted by Crippen LogP contribution is 2.34. The Labute approximate surface area is 223 Å². The van der Waals surface area contributed by atoms with Gasteiger partial charge in [0.25, 0.3) is 0 Å². The number of benzene rings is 5. The third-order valence-electron chi connectivity index (χ3n) is 6.03. The Morgan fingerprint density at radius 1 is 0.462 bits per heavy atom. The SMILES string of the molecule is Oc1ccc(Oc2ccc(-c3nc4ccc(F)cc4nc3-c3ccc(Oc4ccc(O)cc4)cc3)cc2)cc1. The molecule has 190 valence electrons. The zero-order chi connectivity index (χ0) is 26.8. The molecular weight excluding hydrogens is 495 g/mol. The van der Waals surface area contributed by atoms with Gasteiger partial charge in [-0.05, 0) is 109 Å². The number of aromatic hydroxyl groups is 2. The van der Waals surface area contributed by atoms with E-state index < -0.39 is 0 Å². The van der Waals surface area contributed by atoms with Crippen molar-refractivity contribution >= 4 is 11.0 Å². The van der Waals surface area contributed by atoms with Gasteiger partial charge in [-0.3, -0.25) is 0 Å². The first-order valence-corrected chi connectivity index (χ1v) is 12.1. The molecule has 2 N–H and O–H groups in total. The number of rotatable bonds is 6. The molecule has 0 saturated carbocycles. The number of ether oxygens (including phenoxy) is 2. The van der Waals surface area contributed by atoms with Crippen LogP contribution >= 0.6 is 0 Å². The van der Waals surface area contributed by atoms with Gasteiger partial charge < -0.3 is 19.7 Å². The highest BCUT2D eigenvalue weighted by Gasteiger charge is 2.15. The summed E-state index contributed by atoms with van der Waals surface area (Å²) in [6.07, 6.45) is 0. The summed E-state index contributed by atoms with van der Waals surface area (Å²) in [5, 5.41) is 19.0. The zero-order valence-corrected chi connectivity index (χ0v) is 20.5. The number of fused-ring (bicyclic) bond motifs is 1. The molecule has 0 aliphatic rings. The van der Waals surface area contributed by atoms with E-state index >= 15 is 0 Å². The third kappa shape index (κ3) is 5.33. The van der Waals surface area contributed by atoms with Crippen molar-refractivity contribution in [2.45, 2.75) is 0 Å². The molecule has 6 aromatic rings. The van der Waals surface area contributed by atoms with Crippen molar-refractivity contribution in [3.63, 3.8) is 0 Å². The standard InChI is InChI=1S/C32H21FN2O4/c33-22-5-18-29-30(19-22)35-32(21-3-12-26(13-4-21)39-28-16-8-24(37)9-17-28)31(34-29)20-1-10-25(11-2-20)38-27-14-6-23(36)7-15-27/h1-19,36-37H. The summed E-state index contributed by atoms with van der Waals surface area (Å²) in [4.78, 5) is 9.61. The minimum atomic E-state index is -0.385. The molecule has 0 atom stereocenters. The molecule has 0 amide bonds. The average molecular weight is 517 g/mol. The van der Waals surface area contributed by atoms with Crippen molar-refractivity contribution in [2.24, 2.45) is 0 Å². The van der Waals surface area contributed by atoms with Crippen LogP contribution in [0.1, 0.15) is 0 Å². The van der Waals surface area contributed by atoms with Gasteiger partial charge in [0.1, 0.15) is 40.3 Å². The molecule has 1 aromatic heterocycles. The lowest BCUT2D eigenvalue weighted by Gasteiger charge is -2.12. The predicted octanol–water partition coefficient (Wildman–Crippen LogP) is 8.10. The van der Waals surface area contributed by atoms with Crippen LogP contribution in [0.4, 0.5) is 4.39 Å². The van der Waals surface area contributed by atoms with Gasteiger partial charge in [-0.15, -0.1) is 0 Å². The molecule has 0 saturated heterocycles. The highest BCUT2D eigenvalue weighted by atomic mass is 19.1. The summed E-state index contributed by atoms with van der Waals surface area (Å²) in [5.41, 5.74) is 3.85. The van der Waals surface area contributed by atoms with Gasteiger partial charge in [-0.2, -0.15) is 0 Å². The van der Waals surface area contributed by atoms with E-state index in [9.17, 15) is 14.6 Å². The normalized spacial score (nSPS) is 10.9. The molecule has 0 fully saturated rings. The highest BCUT2D eigenvalue weighted by molar-refractivity contribution is 5.86. The molecule has 7 heteroatoms. The van der Waals surface area contributed by atoms with Crippen LogP contribution in [0.2, 0.25) is 0 Å². The summed E-state index contributed by atoms with van der Waals surface area (Å²) < 4.78 is 25.7. The number of halogens is 1. The molecule has 0 radical (unpaired) electrons. The second kappa shape index (κ2) is 10.1. The van der Waals surface area contributed by atoms with Gasteiger partial charge in [0, 0.05) is 17.2 Å². The van der Waals surface area contributed by atoms with Crippen LogP contribution < -0.4 is 9.47 Å². The lowest BCUT2D eigenvalue weighted by Crippen LogP contribution is -1.96. The fourth-order valence-electron chi connectivity index (χ4n) is 4.09. The van der Waals surface area contributed by atoms with E-state index in [4.69, 9.17) is 19.4 Å². The van der Waals surface area contributed by atoms with Crippen molar-refractivity contribution in [3.05, 3.63) is 121 Å². The second-order valence-electron chi connectivity index (χ2n) is 8.79. The minimum Gasteiger partial charge on any atom is -0.508 e. The maximum absolute atomic E-state index is 14.0. The van der Waals surface area contributed by atoms with Gasteiger partial charge >= 0.3 is 0 Å². The van der Waals surface area contributed by atoms with E-state index in [0.29, 0.717) is 45.4 Å². The molecule has 6 nitrogen and oxygen atoms in total. The molecule has 0 spiro atoms. The topological polar surface area (TPSA) is 84.7 Å². The third-order valence-corrected chi connectivity index (χ3v) is 6.03. The quantitative estimate of drug-likeness (QED) is 0.233. The van der Waals surface area contributed by atoms with E-state index in [-0.39, 0.29) is 17.3 Å². The Bertz CT molecular complexity index is 1750. The van der Waals surface area contributed by atoms with Crippen LogP contribution in [0.5, 0.6) is 34.5 Å². The Morgan fingerprint density at radius 2 is 0.846 bits per heavy atom. The molecule has 5 aromatic carbocycles. The largest absolute Gasteiger partial charge is 0.508 e. The van der Waals surface area contributed by atoms with Crippen molar-refractivity contribution < 1.29 is 24.1 Å². The number of phenols is 2. The molecule has 0 aliphatic heterocycles. The Balaban J connectivity index is 1.35. The molecule has 0 aliphatic carbocycles. The summed E-state index contributed by atoms with van der Waals surface area (Å²) in [7, 11) is 0. The van der Waals surface area contributed by atoms with Crippen LogP contribution in [-0.2, 0) is 0 Å². The monoisotopic (exact) mass is 516 g/mol. The van der Waals surface area contributed by atoms with Crippen molar-refractivity contribution in [1.29, 1.82) is 0 Å². The van der Waals surface area contributed by atoms with Gasteiger partial charge in [-0.1, -0.05) is 0 Å². The summed E-state index contributed by atoms with van der Waals surface area (Å²) in [6.45, 7) is 0. The Hall–Kier alpha value is -5.43. The van der Waals surface area contributed by atoms with Gasteiger partial charge in [-0.25, -0.2) is 14.4 Å². The van der Waals surface area contributed by atoms with E-state index in [2.05, 4.69) is 0 Å². The zero-order valence-electron chi connectivity index (χ0n) is 20.5. The smallest absolute Gasteiger partial charge is 0.127 e. The van der Waals surface area contributed by atoms with Crippen LogP contribution in [0.3, 0.4) is 0 Å². The lowest BCUT2D eigenvalue weighted by molar-refractivity contribution is 0.464. The first kappa shape index (κ1) is 23.9. The maximum atomic E-state index is 14.0. The fraction of sp³-hybridized carbons (Fsp3) is 0. The molecule has 6 rings (SSSR count). The maximum Gasteiger partial charge on any atom is 0.127 e. The molecule has 1 heterocycles. The van der Waals surface area contributed by atoms with E-state index in [1.807, 2.05) is 48.5 Å². The molecule has 0 unspecified atom stereocenters. The Morgan fingerprint density at radius 3 is 1.28 bits per heavy atom. The van der Waals surface area contributed by atoms with Crippen molar-refractivity contribution in [1.82, 2.24) is 9.97 Å². The van der Waals surface area contributed by atoms with Crippen LogP contribution in [0, 0.1) is 5.82 Å². The molecule has 39 heavy (non-hydrogen) atoms. The number of phenolic OH excluding ortho intramolecular Hbond substituents is 2. The van der Waals surface area contributed by atoms with Crippen LogP contribution in [0.25, 0.3) is 33.5 Å². The van der Waals surface area contributed by atoms with Gasteiger partial charge in [0.2, 0.25) is 0 Å². The molecule has 0 bridgehead atoms.